The van der Waals surface area contributed by atoms with Crippen LogP contribution in [0.4, 0.5) is 0 Å². The molecule has 6 heteroatoms. The maximum absolute atomic E-state index is 12.8. The maximum atomic E-state index is 12.8. The number of carbonyl (C=O) groups is 2. The van der Waals surface area contributed by atoms with Crippen LogP contribution >= 0.6 is 31.9 Å². The molecule has 4 aliphatic rings. The summed E-state index contributed by atoms with van der Waals surface area (Å²) in [5, 5.41) is 0. The number of halogens is 2. The van der Waals surface area contributed by atoms with Crippen molar-refractivity contribution in [3.63, 3.8) is 0 Å². The highest BCUT2D eigenvalue weighted by molar-refractivity contribution is 9.10. The molecular weight excluding hydrogens is 436 g/mol. The van der Waals surface area contributed by atoms with Crippen LogP contribution in [0.5, 0.6) is 0 Å². The Morgan fingerprint density at radius 2 is 0.958 bits per heavy atom. The maximum Gasteiger partial charge on any atom is 0.244 e. The topological polar surface area (TPSA) is 58.2 Å². The van der Waals surface area contributed by atoms with Gasteiger partial charge in [-0.3, -0.25) is 20.4 Å². The summed E-state index contributed by atoms with van der Waals surface area (Å²) in [6.07, 6.45) is 0. The molecule has 2 bridgehead atoms. The molecule has 4 nitrogen and oxygen atoms in total. The molecule has 0 saturated carbocycles. The fourth-order valence-corrected chi connectivity index (χ4v) is 6.93. The molecule has 120 valence electrons. The molecule has 1 saturated heterocycles. The quantitative estimate of drug-likeness (QED) is 0.610. The molecule has 2 atom stereocenters. The largest absolute Gasteiger partial charge is 0.273 e. The lowest BCUT2D eigenvalue weighted by Gasteiger charge is -2.59. The Morgan fingerprint density at radius 1 is 0.667 bits per heavy atom. The Hall–Kier alpha value is -1.66. The standard InChI is InChI=1S/C18H12Br2N2O2/c19-17-9-5-1-2-6-10(9)18(20,12-8-4-3-7-11(12)17)14-13(17)15(23)21-22-16(14)24/h1-8,13-14H,(H,21,23)(H,22,24)/t13-,14+,17?,18?. The van der Waals surface area contributed by atoms with Crippen molar-refractivity contribution in [3.8, 4) is 0 Å². The van der Waals surface area contributed by atoms with Crippen LogP contribution in [0.1, 0.15) is 22.3 Å². The normalized spacial score (nSPS) is 35.4. The Labute approximate surface area is 155 Å². The predicted molar refractivity (Wildman–Crippen MR) is 95.6 cm³/mol. The molecule has 0 unspecified atom stereocenters. The van der Waals surface area contributed by atoms with Crippen molar-refractivity contribution in [2.45, 2.75) is 8.65 Å². The number of carbonyl (C=O) groups excluding carboxylic acids is 2. The zero-order chi connectivity index (χ0) is 16.7. The van der Waals surface area contributed by atoms with Gasteiger partial charge < -0.3 is 0 Å². The second-order valence-electron chi connectivity index (χ2n) is 6.45. The Bertz CT molecular complexity index is 805. The lowest BCUT2D eigenvalue weighted by molar-refractivity contribution is -0.146. The fourth-order valence-electron chi connectivity index (χ4n) is 4.60. The van der Waals surface area contributed by atoms with Crippen LogP contribution in [-0.2, 0) is 18.2 Å². The van der Waals surface area contributed by atoms with E-state index >= 15 is 0 Å². The minimum absolute atomic E-state index is 0.177. The molecule has 1 heterocycles. The van der Waals surface area contributed by atoms with Crippen molar-refractivity contribution in [1.82, 2.24) is 10.9 Å². The van der Waals surface area contributed by atoms with E-state index in [0.717, 1.165) is 22.3 Å². The number of hydrogen-bond acceptors (Lipinski definition) is 2. The van der Waals surface area contributed by atoms with Crippen LogP contribution in [0.25, 0.3) is 0 Å². The monoisotopic (exact) mass is 446 g/mol. The smallest absolute Gasteiger partial charge is 0.244 e. The Morgan fingerprint density at radius 3 is 1.25 bits per heavy atom. The summed E-state index contributed by atoms with van der Waals surface area (Å²) < 4.78 is -1.44. The van der Waals surface area contributed by atoms with Gasteiger partial charge in [0, 0.05) is 0 Å². The minimum Gasteiger partial charge on any atom is -0.273 e. The van der Waals surface area contributed by atoms with E-state index in [2.05, 4.69) is 42.7 Å². The molecule has 2 N–H and O–H groups in total. The van der Waals surface area contributed by atoms with Gasteiger partial charge in [0.15, 0.2) is 0 Å². The summed E-state index contributed by atoms with van der Waals surface area (Å²) in [6, 6.07) is 16.0. The van der Waals surface area contributed by atoms with Gasteiger partial charge in [0.1, 0.15) is 0 Å². The van der Waals surface area contributed by atoms with Crippen molar-refractivity contribution < 1.29 is 9.59 Å². The first kappa shape index (κ1) is 14.7. The lowest BCUT2D eigenvalue weighted by Crippen LogP contribution is -2.69. The average Bonchev–Trinajstić information content (AvgIpc) is 2.61. The number of hydrogen-bond donors (Lipinski definition) is 2. The molecule has 2 amide bonds. The second kappa shape index (κ2) is 4.49. The summed E-state index contributed by atoms with van der Waals surface area (Å²) in [5.74, 6) is -1.42. The average molecular weight is 448 g/mol. The highest BCUT2D eigenvalue weighted by atomic mass is 79.9. The van der Waals surface area contributed by atoms with Gasteiger partial charge in [0.2, 0.25) is 11.8 Å². The van der Waals surface area contributed by atoms with Crippen molar-refractivity contribution in [1.29, 1.82) is 0 Å². The first-order chi connectivity index (χ1) is 11.5. The first-order valence-corrected chi connectivity index (χ1v) is 9.26. The molecule has 3 aliphatic carbocycles. The second-order valence-corrected chi connectivity index (χ2v) is 8.95. The molecule has 0 radical (unpaired) electrons. The van der Waals surface area contributed by atoms with Crippen molar-refractivity contribution >= 4 is 43.7 Å². The van der Waals surface area contributed by atoms with Crippen LogP contribution in [0, 0.1) is 11.8 Å². The van der Waals surface area contributed by atoms with Crippen molar-refractivity contribution in [2.75, 3.05) is 0 Å². The number of nitrogens with one attached hydrogen (secondary N) is 2. The van der Waals surface area contributed by atoms with Gasteiger partial charge in [0.05, 0.1) is 20.5 Å². The lowest BCUT2D eigenvalue weighted by atomic mass is 9.53. The highest BCUT2D eigenvalue weighted by Gasteiger charge is 2.69. The number of hydrazine groups is 1. The minimum atomic E-state index is -0.720. The van der Waals surface area contributed by atoms with Gasteiger partial charge in [0.25, 0.3) is 0 Å². The number of benzene rings is 2. The van der Waals surface area contributed by atoms with Gasteiger partial charge >= 0.3 is 0 Å². The first-order valence-electron chi connectivity index (χ1n) is 7.68. The Kier molecular flexibility index (Phi) is 2.74. The molecule has 1 aliphatic heterocycles. The number of amides is 2. The summed E-state index contributed by atoms with van der Waals surface area (Å²) in [5.41, 5.74) is 9.20. The van der Waals surface area contributed by atoms with Gasteiger partial charge in [-0.05, 0) is 22.3 Å². The van der Waals surface area contributed by atoms with Crippen LogP contribution < -0.4 is 10.9 Å². The third-order valence-electron chi connectivity index (χ3n) is 5.49. The third-order valence-corrected chi connectivity index (χ3v) is 8.18. The van der Waals surface area contributed by atoms with E-state index in [0.29, 0.717) is 0 Å². The molecule has 0 spiro atoms. The van der Waals surface area contributed by atoms with E-state index < -0.39 is 20.5 Å². The van der Waals surface area contributed by atoms with Gasteiger partial charge in [-0.15, -0.1) is 0 Å². The predicted octanol–water partition coefficient (Wildman–Crippen LogP) is 2.68. The summed E-state index contributed by atoms with van der Waals surface area (Å²) in [7, 11) is 0. The molecular formula is C18H12Br2N2O2. The number of alkyl halides is 2. The molecule has 1 fully saturated rings. The highest BCUT2D eigenvalue weighted by Crippen LogP contribution is 2.69. The Balaban J connectivity index is 1.97. The van der Waals surface area contributed by atoms with E-state index in [1.807, 2.05) is 48.5 Å². The van der Waals surface area contributed by atoms with E-state index in [9.17, 15) is 9.59 Å². The van der Waals surface area contributed by atoms with Crippen molar-refractivity contribution in [2.24, 2.45) is 11.8 Å². The van der Waals surface area contributed by atoms with E-state index in [-0.39, 0.29) is 11.8 Å². The van der Waals surface area contributed by atoms with Crippen LogP contribution in [0.15, 0.2) is 48.5 Å². The number of rotatable bonds is 0. The zero-order valence-electron chi connectivity index (χ0n) is 12.3. The van der Waals surface area contributed by atoms with Crippen LogP contribution in [0.3, 0.4) is 0 Å². The molecule has 2 aromatic rings. The van der Waals surface area contributed by atoms with Crippen LogP contribution in [-0.4, -0.2) is 11.8 Å². The SMILES string of the molecule is O=C1NNC(=O)[C@H]2[C@@H]1C1(Br)c3ccccc3C2(Br)c2ccccc21. The van der Waals surface area contributed by atoms with E-state index in [1.54, 1.807) is 0 Å². The molecule has 6 rings (SSSR count). The summed E-state index contributed by atoms with van der Waals surface area (Å²) in [4.78, 5) is 25.5. The fraction of sp³-hybridized carbons (Fsp3) is 0.222. The van der Waals surface area contributed by atoms with Gasteiger partial charge in [-0.25, -0.2) is 0 Å². The van der Waals surface area contributed by atoms with Crippen molar-refractivity contribution in [3.05, 3.63) is 70.8 Å². The summed E-state index contributed by atoms with van der Waals surface area (Å²) in [6.45, 7) is 0. The van der Waals surface area contributed by atoms with E-state index in [1.165, 1.54) is 0 Å². The molecule has 24 heavy (non-hydrogen) atoms. The van der Waals surface area contributed by atoms with Gasteiger partial charge in [-0.2, -0.15) is 0 Å². The van der Waals surface area contributed by atoms with E-state index in [4.69, 9.17) is 0 Å². The van der Waals surface area contributed by atoms with Crippen LogP contribution in [0.2, 0.25) is 0 Å². The van der Waals surface area contributed by atoms with Gasteiger partial charge in [-0.1, -0.05) is 80.4 Å². The molecule has 2 aromatic carbocycles. The molecule has 0 aromatic heterocycles. The third kappa shape index (κ3) is 1.41. The zero-order valence-corrected chi connectivity index (χ0v) is 15.5. The summed E-state index contributed by atoms with van der Waals surface area (Å²) >= 11 is 7.80.